The maximum absolute atomic E-state index is 12.1. The standard InChI is InChI=1S/C12H18N4O3S/c1-14-20(18,19)11-7-9(13)3-4-10(11)16-6-2-5-15-12(17)8-16/h3-4,7,14H,2,5-6,8,13H2,1H3,(H,15,17). The molecule has 1 amide bonds. The van der Waals surface area contributed by atoms with Gasteiger partial charge < -0.3 is 16.0 Å². The maximum Gasteiger partial charge on any atom is 0.242 e. The first-order valence-electron chi connectivity index (χ1n) is 6.29. The Labute approximate surface area is 118 Å². The second-order valence-corrected chi connectivity index (χ2v) is 6.41. The molecule has 110 valence electrons. The van der Waals surface area contributed by atoms with E-state index in [2.05, 4.69) is 10.0 Å². The van der Waals surface area contributed by atoms with E-state index in [9.17, 15) is 13.2 Å². The number of sulfonamides is 1. The third-order valence-electron chi connectivity index (χ3n) is 3.14. The molecule has 2 rings (SSSR count). The summed E-state index contributed by atoms with van der Waals surface area (Å²) in [5.41, 5.74) is 6.53. The molecule has 4 N–H and O–H groups in total. The van der Waals surface area contributed by atoms with Crippen LogP contribution < -0.4 is 20.7 Å². The molecule has 1 aliphatic heterocycles. The molecule has 0 aliphatic carbocycles. The number of rotatable bonds is 3. The summed E-state index contributed by atoms with van der Waals surface area (Å²) in [6.45, 7) is 1.34. The molecule has 1 aromatic rings. The molecule has 0 unspecified atom stereocenters. The minimum Gasteiger partial charge on any atom is -0.399 e. The SMILES string of the molecule is CNS(=O)(=O)c1cc(N)ccc1N1CCCNC(=O)C1. The van der Waals surface area contributed by atoms with E-state index in [1.165, 1.54) is 13.1 Å². The van der Waals surface area contributed by atoms with Crippen molar-refractivity contribution in [3.8, 4) is 0 Å². The van der Waals surface area contributed by atoms with Crippen LogP contribution in [-0.2, 0) is 14.8 Å². The van der Waals surface area contributed by atoms with E-state index < -0.39 is 10.0 Å². The van der Waals surface area contributed by atoms with Crippen molar-refractivity contribution in [2.24, 2.45) is 0 Å². The van der Waals surface area contributed by atoms with Gasteiger partial charge in [0.1, 0.15) is 4.90 Å². The van der Waals surface area contributed by atoms with E-state index >= 15 is 0 Å². The lowest BCUT2D eigenvalue weighted by Gasteiger charge is -2.24. The third kappa shape index (κ3) is 3.02. The average Bonchev–Trinajstić information content (AvgIpc) is 2.63. The maximum atomic E-state index is 12.1. The fraction of sp³-hybridized carbons (Fsp3) is 0.417. The van der Waals surface area contributed by atoms with E-state index in [-0.39, 0.29) is 17.3 Å². The van der Waals surface area contributed by atoms with Crippen molar-refractivity contribution < 1.29 is 13.2 Å². The smallest absolute Gasteiger partial charge is 0.242 e. The molecule has 8 heteroatoms. The summed E-state index contributed by atoms with van der Waals surface area (Å²) in [5.74, 6) is -0.118. The molecular formula is C12H18N4O3S. The number of amides is 1. The number of nitrogens with one attached hydrogen (secondary N) is 2. The molecule has 0 aromatic heterocycles. The summed E-state index contributed by atoms with van der Waals surface area (Å²) in [6.07, 6.45) is 0.759. The summed E-state index contributed by atoms with van der Waals surface area (Å²) < 4.78 is 26.5. The van der Waals surface area contributed by atoms with Crippen LogP contribution in [0.25, 0.3) is 0 Å². The van der Waals surface area contributed by atoms with Crippen molar-refractivity contribution >= 4 is 27.3 Å². The van der Waals surface area contributed by atoms with E-state index in [1.54, 1.807) is 17.0 Å². The molecule has 0 radical (unpaired) electrons. The second-order valence-electron chi connectivity index (χ2n) is 4.56. The number of nitrogen functional groups attached to an aromatic ring is 1. The van der Waals surface area contributed by atoms with E-state index in [1.807, 2.05) is 0 Å². The monoisotopic (exact) mass is 298 g/mol. The van der Waals surface area contributed by atoms with Gasteiger partial charge in [-0.25, -0.2) is 13.1 Å². The first-order valence-corrected chi connectivity index (χ1v) is 7.77. The number of hydrogen-bond acceptors (Lipinski definition) is 5. The minimum absolute atomic E-state index is 0.0923. The van der Waals surface area contributed by atoms with Gasteiger partial charge in [-0.2, -0.15) is 0 Å². The highest BCUT2D eigenvalue weighted by Gasteiger charge is 2.23. The van der Waals surface area contributed by atoms with Crippen LogP contribution in [0.2, 0.25) is 0 Å². The highest BCUT2D eigenvalue weighted by molar-refractivity contribution is 7.89. The van der Waals surface area contributed by atoms with E-state index in [0.717, 1.165) is 6.42 Å². The van der Waals surface area contributed by atoms with Gasteiger partial charge in [-0.1, -0.05) is 0 Å². The fourth-order valence-electron chi connectivity index (χ4n) is 2.13. The third-order valence-corrected chi connectivity index (χ3v) is 4.59. The van der Waals surface area contributed by atoms with Crippen molar-refractivity contribution in [3.05, 3.63) is 18.2 Å². The Kier molecular flexibility index (Phi) is 4.15. The summed E-state index contributed by atoms with van der Waals surface area (Å²) >= 11 is 0. The first-order chi connectivity index (χ1) is 9.44. The molecule has 1 heterocycles. The van der Waals surface area contributed by atoms with Crippen molar-refractivity contribution in [2.45, 2.75) is 11.3 Å². The Bertz CT molecular complexity index is 615. The van der Waals surface area contributed by atoms with Gasteiger partial charge in [-0.3, -0.25) is 4.79 Å². The van der Waals surface area contributed by atoms with Crippen molar-refractivity contribution in [3.63, 3.8) is 0 Å². The Morgan fingerprint density at radius 3 is 2.85 bits per heavy atom. The summed E-state index contributed by atoms with van der Waals surface area (Å²) in [4.78, 5) is 13.5. The largest absolute Gasteiger partial charge is 0.399 e. The zero-order chi connectivity index (χ0) is 14.8. The highest BCUT2D eigenvalue weighted by atomic mass is 32.2. The van der Waals surface area contributed by atoms with Crippen LogP contribution in [0, 0.1) is 0 Å². The number of carbonyl (C=O) groups excluding carboxylic acids is 1. The van der Waals surface area contributed by atoms with Crippen LogP contribution >= 0.6 is 0 Å². The molecule has 1 saturated heterocycles. The van der Waals surface area contributed by atoms with E-state index in [4.69, 9.17) is 5.73 Å². The van der Waals surface area contributed by atoms with Crippen LogP contribution in [-0.4, -0.2) is 41.0 Å². The molecule has 20 heavy (non-hydrogen) atoms. The van der Waals surface area contributed by atoms with Gasteiger partial charge >= 0.3 is 0 Å². The average molecular weight is 298 g/mol. The first kappa shape index (κ1) is 14.6. The quantitative estimate of drug-likeness (QED) is 0.653. The summed E-state index contributed by atoms with van der Waals surface area (Å²) in [5, 5.41) is 2.76. The predicted molar refractivity (Wildman–Crippen MR) is 76.9 cm³/mol. The number of hydrogen-bond donors (Lipinski definition) is 3. The van der Waals surface area contributed by atoms with Gasteiger partial charge in [-0.15, -0.1) is 0 Å². The van der Waals surface area contributed by atoms with Gasteiger partial charge in [0.25, 0.3) is 0 Å². The molecule has 0 atom stereocenters. The zero-order valence-corrected chi connectivity index (χ0v) is 12.0. The molecule has 1 aromatic carbocycles. The normalized spacial score (nSPS) is 16.6. The molecule has 1 aliphatic rings. The topological polar surface area (TPSA) is 105 Å². The lowest BCUT2D eigenvalue weighted by molar-refractivity contribution is -0.119. The number of benzene rings is 1. The van der Waals surface area contributed by atoms with Gasteiger partial charge in [0.05, 0.1) is 12.2 Å². The van der Waals surface area contributed by atoms with Crippen molar-refractivity contribution in [1.29, 1.82) is 0 Å². The fourth-order valence-corrected chi connectivity index (χ4v) is 3.11. The van der Waals surface area contributed by atoms with Crippen molar-refractivity contribution in [1.82, 2.24) is 10.0 Å². The van der Waals surface area contributed by atoms with Crippen LogP contribution in [0.4, 0.5) is 11.4 Å². The highest BCUT2D eigenvalue weighted by Crippen LogP contribution is 2.27. The zero-order valence-electron chi connectivity index (χ0n) is 11.2. The Balaban J connectivity index is 2.48. The second kappa shape index (κ2) is 5.68. The lowest BCUT2D eigenvalue weighted by Crippen LogP contribution is -2.34. The molecule has 7 nitrogen and oxygen atoms in total. The molecule has 0 bridgehead atoms. The molecular weight excluding hydrogens is 280 g/mol. The van der Waals surface area contributed by atoms with Crippen LogP contribution in [0.5, 0.6) is 0 Å². The van der Waals surface area contributed by atoms with Gasteiger partial charge in [-0.05, 0) is 31.7 Å². The number of nitrogens with two attached hydrogens (primary N) is 1. The molecule has 0 saturated carbocycles. The molecule has 1 fully saturated rings. The predicted octanol–water partition coefficient (Wildman–Crippen LogP) is -0.497. The Hall–Kier alpha value is -1.80. The van der Waals surface area contributed by atoms with Crippen LogP contribution in [0.1, 0.15) is 6.42 Å². The number of nitrogens with zero attached hydrogens (tertiary/aromatic N) is 1. The van der Waals surface area contributed by atoms with Gasteiger partial charge in [0.2, 0.25) is 15.9 Å². The lowest BCUT2D eigenvalue weighted by atomic mass is 10.2. The Morgan fingerprint density at radius 2 is 2.15 bits per heavy atom. The van der Waals surface area contributed by atoms with Crippen molar-refractivity contribution in [2.75, 3.05) is 37.3 Å². The van der Waals surface area contributed by atoms with Gasteiger partial charge in [0, 0.05) is 18.8 Å². The van der Waals surface area contributed by atoms with Crippen LogP contribution in [0.3, 0.4) is 0 Å². The minimum atomic E-state index is -3.63. The van der Waals surface area contributed by atoms with Gasteiger partial charge in [0.15, 0.2) is 0 Å². The summed E-state index contributed by atoms with van der Waals surface area (Å²) in [6, 6.07) is 4.68. The Morgan fingerprint density at radius 1 is 1.40 bits per heavy atom. The number of anilines is 2. The van der Waals surface area contributed by atoms with E-state index in [0.29, 0.717) is 24.5 Å². The number of carbonyl (C=O) groups is 1. The van der Waals surface area contributed by atoms with Crippen LogP contribution in [0.15, 0.2) is 23.1 Å². The molecule has 0 spiro atoms. The summed E-state index contributed by atoms with van der Waals surface area (Å²) in [7, 11) is -2.29.